The van der Waals surface area contributed by atoms with E-state index >= 15 is 0 Å². The van der Waals surface area contributed by atoms with E-state index in [-0.39, 0.29) is 17.1 Å². The summed E-state index contributed by atoms with van der Waals surface area (Å²) in [4.78, 5) is 24.9. The molecule has 27 heavy (non-hydrogen) atoms. The van der Waals surface area contributed by atoms with Gasteiger partial charge in [0.1, 0.15) is 22.8 Å². The van der Waals surface area contributed by atoms with Crippen LogP contribution in [0.4, 0.5) is 0 Å². The second kappa shape index (κ2) is 7.19. The largest absolute Gasteiger partial charge is 0.457 e. The summed E-state index contributed by atoms with van der Waals surface area (Å²) >= 11 is 3.39. The molecule has 3 aromatic rings. The predicted molar refractivity (Wildman–Crippen MR) is 107 cm³/mol. The van der Waals surface area contributed by atoms with Gasteiger partial charge in [-0.2, -0.15) is 0 Å². The fourth-order valence-electron chi connectivity index (χ4n) is 2.35. The van der Waals surface area contributed by atoms with Crippen LogP contribution in [0.25, 0.3) is 11.0 Å². The third-order valence-corrected chi connectivity index (χ3v) is 4.51. The van der Waals surface area contributed by atoms with Crippen LogP contribution >= 0.6 is 15.9 Å². The topological polar surface area (TPSA) is 65.7 Å². The van der Waals surface area contributed by atoms with Gasteiger partial charge in [-0.05, 0) is 67.9 Å². The van der Waals surface area contributed by atoms with Gasteiger partial charge in [0.25, 0.3) is 0 Å². The second-order valence-corrected chi connectivity index (χ2v) is 8.00. The van der Waals surface area contributed by atoms with Crippen LogP contribution in [-0.2, 0) is 4.79 Å². The van der Waals surface area contributed by atoms with Crippen molar-refractivity contribution in [2.45, 2.75) is 27.7 Å². The van der Waals surface area contributed by atoms with E-state index in [1.807, 2.05) is 18.2 Å². The number of rotatable bonds is 3. The van der Waals surface area contributed by atoms with E-state index in [0.29, 0.717) is 28.2 Å². The minimum Gasteiger partial charge on any atom is -0.457 e. The van der Waals surface area contributed by atoms with Crippen molar-refractivity contribution in [1.82, 2.24) is 0 Å². The summed E-state index contributed by atoms with van der Waals surface area (Å²) < 4.78 is 17.6. The normalized spacial score (nSPS) is 11.4. The molecule has 0 atom stereocenters. The Morgan fingerprint density at radius 2 is 1.81 bits per heavy atom. The highest BCUT2D eigenvalue weighted by atomic mass is 79.9. The van der Waals surface area contributed by atoms with Crippen molar-refractivity contribution < 1.29 is 18.7 Å². The number of fused-ring (bicyclic) bond motifs is 1. The van der Waals surface area contributed by atoms with E-state index in [0.717, 1.165) is 4.47 Å². The lowest BCUT2D eigenvalue weighted by Gasteiger charge is -2.16. The number of carbonyl (C=O) groups excluding carboxylic acids is 1. The minimum atomic E-state index is -0.632. The van der Waals surface area contributed by atoms with E-state index in [1.54, 1.807) is 45.9 Å². The Hall–Kier alpha value is -2.60. The number of benzene rings is 2. The van der Waals surface area contributed by atoms with Crippen molar-refractivity contribution in [3.63, 3.8) is 0 Å². The van der Waals surface area contributed by atoms with E-state index in [2.05, 4.69) is 15.9 Å². The smallest absolute Gasteiger partial charge is 0.316 e. The third kappa shape index (κ3) is 4.06. The van der Waals surface area contributed by atoms with Gasteiger partial charge in [-0.3, -0.25) is 9.59 Å². The van der Waals surface area contributed by atoms with Crippen LogP contribution < -0.4 is 14.9 Å². The number of hydrogen-bond acceptors (Lipinski definition) is 5. The molecule has 0 fully saturated rings. The summed E-state index contributed by atoms with van der Waals surface area (Å²) in [6.45, 7) is 6.96. The van der Waals surface area contributed by atoms with Crippen LogP contribution in [0.15, 0.2) is 56.1 Å². The standard InChI is InChI=1S/C21H19BrO5/c1-12-19(27-16-8-6-5-7-15(16)22)18(23)14-10-9-13(11-17(14)25-12)26-20(24)21(2,3)4/h5-11H,1-4H3. The molecule has 0 amide bonds. The zero-order valence-corrected chi connectivity index (χ0v) is 17.0. The van der Waals surface area contributed by atoms with Gasteiger partial charge in [0.2, 0.25) is 11.2 Å². The maximum Gasteiger partial charge on any atom is 0.316 e. The predicted octanol–water partition coefficient (Wildman–Crippen LogP) is 5.61. The first kappa shape index (κ1) is 19.2. The molecule has 0 aliphatic carbocycles. The number of aryl methyl sites for hydroxylation is 1. The molecular formula is C21H19BrO5. The van der Waals surface area contributed by atoms with Crippen molar-refractivity contribution in [3.8, 4) is 17.2 Å². The molecule has 0 N–H and O–H groups in total. The van der Waals surface area contributed by atoms with Crippen molar-refractivity contribution in [2.24, 2.45) is 5.41 Å². The van der Waals surface area contributed by atoms with Crippen LogP contribution in [-0.4, -0.2) is 5.97 Å². The molecule has 5 nitrogen and oxygen atoms in total. The number of ether oxygens (including phenoxy) is 2. The van der Waals surface area contributed by atoms with Gasteiger partial charge in [0, 0.05) is 6.07 Å². The lowest BCUT2D eigenvalue weighted by molar-refractivity contribution is -0.142. The van der Waals surface area contributed by atoms with Crippen molar-refractivity contribution >= 4 is 32.9 Å². The molecule has 2 aromatic carbocycles. The highest BCUT2D eigenvalue weighted by molar-refractivity contribution is 9.10. The van der Waals surface area contributed by atoms with E-state index in [4.69, 9.17) is 13.9 Å². The highest BCUT2D eigenvalue weighted by Gasteiger charge is 2.24. The molecule has 1 aromatic heterocycles. The number of para-hydroxylation sites is 1. The molecule has 0 radical (unpaired) electrons. The maximum atomic E-state index is 12.8. The van der Waals surface area contributed by atoms with Crippen LogP contribution in [0.3, 0.4) is 0 Å². The van der Waals surface area contributed by atoms with Crippen LogP contribution in [0.2, 0.25) is 0 Å². The Bertz CT molecular complexity index is 1080. The van der Waals surface area contributed by atoms with Gasteiger partial charge in [-0.15, -0.1) is 0 Å². The second-order valence-electron chi connectivity index (χ2n) is 7.15. The molecule has 0 aliphatic rings. The molecule has 3 rings (SSSR count). The van der Waals surface area contributed by atoms with E-state index in [9.17, 15) is 9.59 Å². The first-order chi connectivity index (χ1) is 12.7. The SMILES string of the molecule is Cc1oc2cc(OC(=O)C(C)(C)C)ccc2c(=O)c1Oc1ccccc1Br. The molecule has 6 heteroatoms. The van der Waals surface area contributed by atoms with Crippen LogP contribution in [0.5, 0.6) is 17.2 Å². The monoisotopic (exact) mass is 430 g/mol. The number of halogens is 1. The van der Waals surface area contributed by atoms with Crippen molar-refractivity contribution in [2.75, 3.05) is 0 Å². The van der Waals surface area contributed by atoms with Gasteiger partial charge in [0.15, 0.2) is 0 Å². The fourth-order valence-corrected chi connectivity index (χ4v) is 2.71. The Balaban J connectivity index is 2.00. The fraction of sp³-hybridized carbons (Fsp3) is 0.238. The molecule has 0 bridgehead atoms. The summed E-state index contributed by atoms with van der Waals surface area (Å²) in [6.07, 6.45) is 0. The molecule has 140 valence electrons. The first-order valence-corrected chi connectivity index (χ1v) is 9.18. The van der Waals surface area contributed by atoms with Gasteiger partial charge in [0.05, 0.1) is 15.3 Å². The Morgan fingerprint density at radius 1 is 1.11 bits per heavy atom. The molecule has 0 unspecified atom stereocenters. The molecule has 0 saturated heterocycles. The number of esters is 1. The maximum absolute atomic E-state index is 12.8. The Kier molecular flexibility index (Phi) is 5.11. The number of hydrogen-bond donors (Lipinski definition) is 0. The van der Waals surface area contributed by atoms with E-state index < -0.39 is 5.41 Å². The average molecular weight is 431 g/mol. The summed E-state index contributed by atoms with van der Waals surface area (Å²) in [6, 6.07) is 11.9. The Labute approximate surface area is 165 Å². The average Bonchev–Trinajstić information content (AvgIpc) is 2.59. The van der Waals surface area contributed by atoms with Gasteiger partial charge in [-0.1, -0.05) is 12.1 Å². The van der Waals surface area contributed by atoms with Crippen molar-refractivity contribution in [1.29, 1.82) is 0 Å². The lowest BCUT2D eigenvalue weighted by Crippen LogP contribution is -2.25. The summed E-state index contributed by atoms with van der Waals surface area (Å²) in [5.74, 6) is 0.929. The third-order valence-electron chi connectivity index (χ3n) is 3.86. The number of carbonyl (C=O) groups is 1. The van der Waals surface area contributed by atoms with Gasteiger partial charge < -0.3 is 13.9 Å². The van der Waals surface area contributed by atoms with Crippen LogP contribution in [0, 0.1) is 12.3 Å². The molecule has 0 aliphatic heterocycles. The first-order valence-electron chi connectivity index (χ1n) is 8.39. The lowest BCUT2D eigenvalue weighted by atomic mass is 9.97. The van der Waals surface area contributed by atoms with Gasteiger partial charge >= 0.3 is 5.97 Å². The van der Waals surface area contributed by atoms with Crippen LogP contribution in [0.1, 0.15) is 26.5 Å². The minimum absolute atomic E-state index is 0.119. The Morgan fingerprint density at radius 3 is 2.48 bits per heavy atom. The molecule has 0 saturated carbocycles. The van der Waals surface area contributed by atoms with Crippen molar-refractivity contribution in [3.05, 3.63) is 62.9 Å². The zero-order valence-electron chi connectivity index (χ0n) is 15.5. The summed E-state index contributed by atoms with van der Waals surface area (Å²) in [7, 11) is 0. The molecular weight excluding hydrogens is 412 g/mol. The zero-order chi connectivity index (χ0) is 19.8. The molecule has 1 heterocycles. The van der Waals surface area contributed by atoms with Gasteiger partial charge in [-0.25, -0.2) is 0 Å². The summed E-state index contributed by atoms with van der Waals surface area (Å²) in [5.41, 5.74) is -0.596. The molecule has 0 spiro atoms. The quantitative estimate of drug-likeness (QED) is 0.399. The summed E-state index contributed by atoms with van der Waals surface area (Å²) in [5, 5.41) is 0.346. The highest BCUT2D eigenvalue weighted by Crippen LogP contribution is 2.31. The van der Waals surface area contributed by atoms with E-state index in [1.165, 1.54) is 6.07 Å².